The number of halogens is 1. The topological polar surface area (TPSA) is 67.4 Å². The number of anilines is 1. The number of hydrogen-bond acceptors (Lipinski definition) is 5. The van der Waals surface area contributed by atoms with Crippen molar-refractivity contribution < 1.29 is 13.6 Å². The third-order valence-corrected chi connectivity index (χ3v) is 5.68. The van der Waals surface area contributed by atoms with Crippen molar-refractivity contribution in [2.45, 2.75) is 13.5 Å². The van der Waals surface area contributed by atoms with Gasteiger partial charge in [0.1, 0.15) is 12.4 Å². The lowest BCUT2D eigenvalue weighted by atomic mass is 10.1. The van der Waals surface area contributed by atoms with Crippen LogP contribution in [-0.4, -0.2) is 51.8 Å². The maximum atomic E-state index is 13.2. The van der Waals surface area contributed by atoms with Gasteiger partial charge in [0, 0.05) is 56.1 Å². The molecule has 0 unspecified atom stereocenters. The Labute approximate surface area is 178 Å². The number of hydrogen-bond donors (Lipinski definition) is 0. The zero-order valence-electron chi connectivity index (χ0n) is 17.2. The highest BCUT2D eigenvalue weighted by Crippen LogP contribution is 2.25. The maximum Gasteiger partial charge on any atom is 0.247 e. The van der Waals surface area contributed by atoms with Crippen molar-refractivity contribution in [3.63, 3.8) is 0 Å². The molecule has 0 atom stereocenters. The van der Waals surface area contributed by atoms with Crippen LogP contribution in [0.15, 0.2) is 59.1 Å². The minimum absolute atomic E-state index is 0.0790. The number of nitrogens with zero attached hydrogens (tertiary/aromatic N) is 5. The fourth-order valence-corrected chi connectivity index (χ4v) is 3.98. The molecule has 0 radical (unpaired) electrons. The molecule has 31 heavy (non-hydrogen) atoms. The highest BCUT2D eigenvalue weighted by atomic mass is 19.1. The van der Waals surface area contributed by atoms with Crippen molar-refractivity contribution in [1.29, 1.82) is 0 Å². The first-order valence-corrected chi connectivity index (χ1v) is 10.2. The van der Waals surface area contributed by atoms with Crippen LogP contribution in [0.1, 0.15) is 5.89 Å². The number of carbonyl (C=O) groups is 1. The molecule has 0 N–H and O–H groups in total. The van der Waals surface area contributed by atoms with Gasteiger partial charge in [0.05, 0.1) is 0 Å². The first-order valence-electron chi connectivity index (χ1n) is 10.2. The molecule has 1 amide bonds. The molecule has 2 aromatic heterocycles. The number of amides is 1. The van der Waals surface area contributed by atoms with Gasteiger partial charge in [-0.15, -0.1) is 10.2 Å². The summed E-state index contributed by atoms with van der Waals surface area (Å²) < 4.78 is 20.6. The van der Waals surface area contributed by atoms with Crippen molar-refractivity contribution in [2.24, 2.45) is 0 Å². The van der Waals surface area contributed by atoms with Crippen molar-refractivity contribution in [2.75, 3.05) is 31.1 Å². The van der Waals surface area contributed by atoms with Crippen LogP contribution in [-0.2, 0) is 11.3 Å². The van der Waals surface area contributed by atoms with Crippen molar-refractivity contribution in [1.82, 2.24) is 19.7 Å². The highest BCUT2D eigenvalue weighted by molar-refractivity contribution is 5.86. The monoisotopic (exact) mass is 419 g/mol. The van der Waals surface area contributed by atoms with E-state index < -0.39 is 0 Å². The Kier molecular flexibility index (Phi) is 4.89. The van der Waals surface area contributed by atoms with Crippen molar-refractivity contribution >= 4 is 22.5 Å². The molecule has 3 heterocycles. The molecule has 8 heteroatoms. The number of piperazine rings is 1. The third kappa shape index (κ3) is 3.88. The van der Waals surface area contributed by atoms with Crippen LogP contribution in [0.4, 0.5) is 10.1 Å². The molecule has 158 valence electrons. The lowest BCUT2D eigenvalue weighted by Gasteiger charge is -2.36. The summed E-state index contributed by atoms with van der Waals surface area (Å²) >= 11 is 0. The molecule has 0 saturated carbocycles. The van der Waals surface area contributed by atoms with E-state index >= 15 is 0 Å². The third-order valence-electron chi connectivity index (χ3n) is 5.68. The Bertz CT molecular complexity index is 1220. The first-order chi connectivity index (χ1) is 15.1. The second-order valence-corrected chi connectivity index (χ2v) is 7.69. The summed E-state index contributed by atoms with van der Waals surface area (Å²) in [4.78, 5) is 17.0. The van der Waals surface area contributed by atoms with Crippen LogP contribution in [0.3, 0.4) is 0 Å². The first kappa shape index (κ1) is 19.3. The van der Waals surface area contributed by atoms with Crippen LogP contribution in [0, 0.1) is 12.7 Å². The van der Waals surface area contributed by atoms with E-state index in [1.54, 1.807) is 19.1 Å². The van der Waals surface area contributed by atoms with Crippen LogP contribution in [0.2, 0.25) is 0 Å². The molecule has 1 fully saturated rings. The molecule has 0 spiro atoms. The van der Waals surface area contributed by atoms with Gasteiger partial charge in [-0.3, -0.25) is 4.79 Å². The number of benzene rings is 2. The summed E-state index contributed by atoms with van der Waals surface area (Å²) in [5.74, 6) is 0.819. The predicted molar refractivity (Wildman–Crippen MR) is 115 cm³/mol. The second-order valence-electron chi connectivity index (χ2n) is 7.69. The van der Waals surface area contributed by atoms with Crippen LogP contribution < -0.4 is 4.90 Å². The molecule has 7 nitrogen and oxygen atoms in total. The Balaban J connectivity index is 1.28. The van der Waals surface area contributed by atoms with Gasteiger partial charge in [-0.25, -0.2) is 4.39 Å². The smallest absolute Gasteiger partial charge is 0.247 e. The summed E-state index contributed by atoms with van der Waals surface area (Å²) in [7, 11) is 0. The van der Waals surface area contributed by atoms with Gasteiger partial charge >= 0.3 is 0 Å². The zero-order chi connectivity index (χ0) is 21.4. The molecule has 2 aromatic carbocycles. The molecule has 5 rings (SSSR count). The van der Waals surface area contributed by atoms with Gasteiger partial charge < -0.3 is 18.8 Å². The van der Waals surface area contributed by atoms with Crippen molar-refractivity contribution in [3.8, 4) is 11.5 Å². The Morgan fingerprint density at radius 1 is 1.03 bits per heavy atom. The van der Waals surface area contributed by atoms with E-state index in [-0.39, 0.29) is 18.3 Å². The average molecular weight is 419 g/mol. The molecule has 0 aliphatic carbocycles. The minimum atomic E-state index is -0.242. The van der Waals surface area contributed by atoms with E-state index in [0.29, 0.717) is 24.9 Å². The van der Waals surface area contributed by atoms with Gasteiger partial charge in [-0.05, 0) is 47.9 Å². The zero-order valence-corrected chi connectivity index (χ0v) is 17.2. The number of rotatable bonds is 4. The lowest BCUT2D eigenvalue weighted by molar-refractivity contribution is -0.132. The van der Waals surface area contributed by atoms with Gasteiger partial charge in [0.25, 0.3) is 0 Å². The quantitative estimate of drug-likeness (QED) is 0.507. The van der Waals surface area contributed by atoms with Crippen LogP contribution in [0.5, 0.6) is 0 Å². The number of aromatic nitrogens is 3. The summed E-state index contributed by atoms with van der Waals surface area (Å²) in [6.45, 7) is 4.76. The predicted octanol–water partition coefficient (Wildman–Crippen LogP) is 3.49. The highest BCUT2D eigenvalue weighted by Gasteiger charge is 2.22. The maximum absolute atomic E-state index is 13.2. The van der Waals surface area contributed by atoms with Crippen LogP contribution in [0.25, 0.3) is 22.4 Å². The van der Waals surface area contributed by atoms with Gasteiger partial charge in [-0.1, -0.05) is 6.07 Å². The Hall–Kier alpha value is -3.68. The molecule has 1 aliphatic heterocycles. The normalized spacial score (nSPS) is 14.4. The summed E-state index contributed by atoms with van der Waals surface area (Å²) in [5, 5.41) is 9.02. The van der Waals surface area contributed by atoms with Crippen LogP contribution >= 0.6 is 0 Å². The minimum Gasteiger partial charge on any atom is -0.421 e. The molecular formula is C23H22FN5O2. The molecule has 0 bridgehead atoms. The fourth-order valence-electron chi connectivity index (χ4n) is 3.98. The standard InChI is InChI=1S/C23H22FN5O2/c1-16-25-26-23(31-16)18-3-2-17-8-9-29(21(17)14-18)15-22(30)28-12-10-27(11-13-28)20-6-4-19(24)5-7-20/h2-9,14H,10-13,15H2,1H3. The molecule has 1 aliphatic rings. The molecule has 4 aromatic rings. The van der Waals surface area contributed by atoms with E-state index in [1.807, 2.05) is 39.9 Å². The van der Waals surface area contributed by atoms with E-state index in [0.717, 1.165) is 35.2 Å². The van der Waals surface area contributed by atoms with Crippen molar-refractivity contribution in [3.05, 3.63) is 66.4 Å². The number of carbonyl (C=O) groups excluding carboxylic acids is 1. The summed E-state index contributed by atoms with van der Waals surface area (Å²) in [6.07, 6.45) is 1.93. The second kappa shape index (κ2) is 7.86. The average Bonchev–Trinajstić information content (AvgIpc) is 3.40. The Morgan fingerprint density at radius 3 is 2.52 bits per heavy atom. The van der Waals surface area contributed by atoms with E-state index in [4.69, 9.17) is 4.42 Å². The summed E-state index contributed by atoms with van der Waals surface area (Å²) in [6, 6.07) is 14.4. The van der Waals surface area contributed by atoms with E-state index in [9.17, 15) is 9.18 Å². The van der Waals surface area contributed by atoms with E-state index in [1.165, 1.54) is 12.1 Å². The largest absolute Gasteiger partial charge is 0.421 e. The lowest BCUT2D eigenvalue weighted by Crippen LogP contribution is -2.49. The fraction of sp³-hybridized carbons (Fsp3) is 0.261. The van der Waals surface area contributed by atoms with Gasteiger partial charge in [-0.2, -0.15) is 0 Å². The molecular weight excluding hydrogens is 397 g/mol. The van der Waals surface area contributed by atoms with E-state index in [2.05, 4.69) is 15.1 Å². The SMILES string of the molecule is Cc1nnc(-c2ccc3ccn(CC(=O)N4CCN(c5ccc(F)cc5)CC4)c3c2)o1. The van der Waals surface area contributed by atoms with Gasteiger partial charge in [0.15, 0.2) is 0 Å². The number of aryl methyl sites for hydroxylation is 1. The van der Waals surface area contributed by atoms with Gasteiger partial charge in [0.2, 0.25) is 17.7 Å². The molecule has 1 saturated heterocycles. The summed E-state index contributed by atoms with van der Waals surface area (Å²) in [5.41, 5.74) is 2.76. The Morgan fingerprint density at radius 2 is 1.81 bits per heavy atom. The number of fused-ring (bicyclic) bond motifs is 1.